The summed E-state index contributed by atoms with van der Waals surface area (Å²) in [5, 5.41) is 12.4. The van der Waals surface area contributed by atoms with E-state index < -0.39 is 0 Å². The van der Waals surface area contributed by atoms with Crippen molar-refractivity contribution in [2.24, 2.45) is 4.99 Å². The molecule has 31 heavy (non-hydrogen) atoms. The van der Waals surface area contributed by atoms with Gasteiger partial charge >= 0.3 is 0 Å². The lowest BCUT2D eigenvalue weighted by Gasteiger charge is -2.07. The van der Waals surface area contributed by atoms with E-state index in [0.29, 0.717) is 22.9 Å². The first-order chi connectivity index (χ1) is 15.1. The Morgan fingerprint density at radius 3 is 2.74 bits per heavy atom. The van der Waals surface area contributed by atoms with Crippen molar-refractivity contribution in [3.63, 3.8) is 0 Å². The number of aromatic hydroxyl groups is 1. The molecule has 5 aromatic rings. The van der Waals surface area contributed by atoms with Crippen LogP contribution in [0.3, 0.4) is 0 Å². The zero-order valence-electron chi connectivity index (χ0n) is 17.2. The van der Waals surface area contributed by atoms with Gasteiger partial charge in [-0.3, -0.25) is 4.99 Å². The van der Waals surface area contributed by atoms with Crippen molar-refractivity contribution < 1.29 is 14.3 Å². The molecule has 1 heterocycles. The Morgan fingerprint density at radius 1 is 1.00 bits per heavy atom. The normalized spacial score (nSPS) is 11.5. The SMILES string of the molecule is COc1ccc(-c2nc3cc(C)ccc3o2)cc1N=Cc1c(O)ccc2ccccc12. The standard InChI is InChI=1S/C26H20N2O3/c1-16-7-11-25-22(13-16)28-26(31-25)18-9-12-24(30-2)21(14-18)27-15-20-19-6-4-3-5-17(19)8-10-23(20)29/h3-15,29H,1-2H3. The molecule has 0 bridgehead atoms. The van der Waals surface area contributed by atoms with E-state index in [-0.39, 0.29) is 5.75 Å². The number of ether oxygens (including phenoxy) is 1. The number of methoxy groups -OCH3 is 1. The number of hydrogen-bond donors (Lipinski definition) is 1. The van der Waals surface area contributed by atoms with E-state index in [1.54, 1.807) is 19.4 Å². The number of hydrogen-bond acceptors (Lipinski definition) is 5. The van der Waals surface area contributed by atoms with Crippen LogP contribution in [0.2, 0.25) is 0 Å². The van der Waals surface area contributed by atoms with Gasteiger partial charge in [-0.05, 0) is 59.7 Å². The van der Waals surface area contributed by atoms with Gasteiger partial charge in [-0.1, -0.05) is 36.4 Å². The third-order valence-electron chi connectivity index (χ3n) is 5.25. The highest BCUT2D eigenvalue weighted by atomic mass is 16.5. The lowest BCUT2D eigenvalue weighted by molar-refractivity contribution is 0.416. The topological polar surface area (TPSA) is 67.9 Å². The van der Waals surface area contributed by atoms with Gasteiger partial charge in [0.2, 0.25) is 5.89 Å². The van der Waals surface area contributed by atoms with Gasteiger partial charge in [0, 0.05) is 17.3 Å². The smallest absolute Gasteiger partial charge is 0.227 e. The number of aryl methyl sites for hydroxylation is 1. The van der Waals surface area contributed by atoms with Crippen LogP contribution in [0, 0.1) is 6.92 Å². The number of phenols is 1. The molecule has 1 N–H and O–H groups in total. The van der Waals surface area contributed by atoms with Crippen LogP contribution in [0.25, 0.3) is 33.3 Å². The summed E-state index contributed by atoms with van der Waals surface area (Å²) >= 11 is 0. The maximum Gasteiger partial charge on any atom is 0.227 e. The van der Waals surface area contributed by atoms with Gasteiger partial charge in [0.15, 0.2) is 5.58 Å². The molecule has 1 aromatic heterocycles. The van der Waals surface area contributed by atoms with Gasteiger partial charge in [-0.15, -0.1) is 0 Å². The largest absolute Gasteiger partial charge is 0.507 e. The average Bonchev–Trinajstić information content (AvgIpc) is 3.21. The Hall–Kier alpha value is -4.12. The Morgan fingerprint density at radius 2 is 1.87 bits per heavy atom. The molecule has 4 aromatic carbocycles. The lowest BCUT2D eigenvalue weighted by Crippen LogP contribution is -1.88. The van der Waals surface area contributed by atoms with Crippen molar-refractivity contribution in [2.45, 2.75) is 6.92 Å². The van der Waals surface area contributed by atoms with Crippen molar-refractivity contribution in [3.05, 3.63) is 83.9 Å². The predicted molar refractivity (Wildman–Crippen MR) is 124 cm³/mol. The van der Waals surface area contributed by atoms with Gasteiger partial charge in [0.05, 0.1) is 7.11 Å². The van der Waals surface area contributed by atoms with Gasteiger partial charge in [-0.25, -0.2) is 4.98 Å². The summed E-state index contributed by atoms with van der Waals surface area (Å²) in [6.07, 6.45) is 1.66. The first kappa shape index (κ1) is 18.9. The fraction of sp³-hybridized carbons (Fsp3) is 0.0769. The summed E-state index contributed by atoms with van der Waals surface area (Å²) in [4.78, 5) is 9.25. The van der Waals surface area contributed by atoms with Crippen LogP contribution in [-0.2, 0) is 0 Å². The van der Waals surface area contributed by atoms with Crippen LogP contribution < -0.4 is 4.74 Å². The molecule has 0 spiro atoms. The molecule has 5 rings (SSSR count). The number of aliphatic imine (C=N–C) groups is 1. The van der Waals surface area contributed by atoms with E-state index in [4.69, 9.17) is 9.15 Å². The van der Waals surface area contributed by atoms with Crippen molar-refractivity contribution in [1.82, 2.24) is 4.98 Å². The molecule has 5 heteroatoms. The minimum absolute atomic E-state index is 0.173. The van der Waals surface area contributed by atoms with Crippen LogP contribution in [0.1, 0.15) is 11.1 Å². The van der Waals surface area contributed by atoms with Gasteiger partial charge in [-0.2, -0.15) is 0 Å². The number of oxazole rings is 1. The van der Waals surface area contributed by atoms with Crippen LogP contribution in [-0.4, -0.2) is 23.4 Å². The number of fused-ring (bicyclic) bond motifs is 2. The molecule has 0 amide bonds. The van der Waals surface area contributed by atoms with Gasteiger partial charge in [0.25, 0.3) is 0 Å². The maximum absolute atomic E-state index is 10.4. The molecule has 0 fully saturated rings. The Bertz CT molecular complexity index is 1450. The summed E-state index contributed by atoms with van der Waals surface area (Å²) in [6, 6.07) is 23.0. The highest BCUT2D eigenvalue weighted by molar-refractivity contribution is 6.03. The second-order valence-electron chi connectivity index (χ2n) is 7.35. The maximum atomic E-state index is 10.4. The first-order valence-corrected chi connectivity index (χ1v) is 9.93. The molecule has 0 aliphatic carbocycles. The van der Waals surface area contributed by atoms with Gasteiger partial charge in [0.1, 0.15) is 22.7 Å². The molecule has 0 atom stereocenters. The minimum atomic E-state index is 0.173. The zero-order valence-corrected chi connectivity index (χ0v) is 17.2. The number of rotatable bonds is 4. The van der Waals surface area contributed by atoms with E-state index in [2.05, 4.69) is 9.98 Å². The van der Waals surface area contributed by atoms with Crippen LogP contribution >= 0.6 is 0 Å². The number of nitrogens with zero attached hydrogens (tertiary/aromatic N) is 2. The Balaban J connectivity index is 1.58. The van der Waals surface area contributed by atoms with Gasteiger partial charge < -0.3 is 14.3 Å². The van der Waals surface area contributed by atoms with Crippen molar-refractivity contribution in [3.8, 4) is 23.0 Å². The van der Waals surface area contributed by atoms with E-state index in [1.807, 2.05) is 73.7 Å². The van der Waals surface area contributed by atoms with E-state index in [9.17, 15) is 5.11 Å². The number of phenolic OH excluding ortho intramolecular Hbond substituents is 1. The molecule has 0 radical (unpaired) electrons. The summed E-state index contributed by atoms with van der Waals surface area (Å²) in [6.45, 7) is 2.02. The molecule has 0 unspecified atom stereocenters. The third kappa shape index (κ3) is 3.51. The van der Waals surface area contributed by atoms with Crippen molar-refractivity contribution in [2.75, 3.05) is 7.11 Å². The van der Waals surface area contributed by atoms with E-state index >= 15 is 0 Å². The second-order valence-corrected chi connectivity index (χ2v) is 7.35. The summed E-state index contributed by atoms with van der Waals surface area (Å²) < 4.78 is 11.4. The second kappa shape index (κ2) is 7.61. The Kier molecular flexibility index (Phi) is 4.64. The average molecular weight is 408 g/mol. The zero-order chi connectivity index (χ0) is 21.4. The molecule has 0 saturated carbocycles. The fourth-order valence-corrected chi connectivity index (χ4v) is 3.64. The highest BCUT2D eigenvalue weighted by Crippen LogP contribution is 2.34. The van der Waals surface area contributed by atoms with E-state index in [1.165, 1.54) is 0 Å². The summed E-state index contributed by atoms with van der Waals surface area (Å²) in [5.74, 6) is 1.31. The van der Waals surface area contributed by atoms with E-state index in [0.717, 1.165) is 33.0 Å². The molecule has 5 nitrogen and oxygen atoms in total. The third-order valence-corrected chi connectivity index (χ3v) is 5.25. The van der Waals surface area contributed by atoms with Crippen LogP contribution in [0.15, 0.2) is 82.2 Å². The summed E-state index contributed by atoms with van der Waals surface area (Å²) in [7, 11) is 1.60. The quantitative estimate of drug-likeness (QED) is 0.348. The number of aromatic nitrogens is 1. The van der Waals surface area contributed by atoms with Crippen molar-refractivity contribution >= 4 is 33.8 Å². The van der Waals surface area contributed by atoms with Crippen LogP contribution in [0.5, 0.6) is 11.5 Å². The molecule has 0 aliphatic heterocycles. The van der Waals surface area contributed by atoms with Crippen LogP contribution in [0.4, 0.5) is 5.69 Å². The molecular formula is C26H20N2O3. The molecule has 152 valence electrons. The summed E-state index contributed by atoms with van der Waals surface area (Å²) in [5.41, 5.74) is 4.75. The molecule has 0 aliphatic rings. The number of benzene rings is 4. The predicted octanol–water partition coefficient (Wildman–Crippen LogP) is 6.42. The first-order valence-electron chi connectivity index (χ1n) is 9.93. The Labute approximate surface area is 179 Å². The van der Waals surface area contributed by atoms with Crippen molar-refractivity contribution in [1.29, 1.82) is 0 Å². The fourth-order valence-electron chi connectivity index (χ4n) is 3.64. The lowest BCUT2D eigenvalue weighted by atomic mass is 10.0. The molecule has 0 saturated heterocycles. The minimum Gasteiger partial charge on any atom is -0.507 e. The monoisotopic (exact) mass is 408 g/mol. The highest BCUT2D eigenvalue weighted by Gasteiger charge is 2.12. The molecular weight excluding hydrogens is 388 g/mol.